The van der Waals surface area contributed by atoms with Crippen LogP contribution in [0.25, 0.3) is 11.3 Å². The molecule has 0 aliphatic heterocycles. The molecular formula is C25H29N5O4S. The molecule has 4 N–H and O–H groups in total. The zero-order chi connectivity index (χ0) is 25.4. The highest BCUT2D eigenvalue weighted by molar-refractivity contribution is 7.13. The van der Waals surface area contributed by atoms with Crippen molar-refractivity contribution in [2.24, 2.45) is 0 Å². The number of hydrogen-bond donors (Lipinski definition) is 3. The number of thiazole rings is 1. The molecule has 0 aliphatic carbocycles. The Balaban J connectivity index is 1.63. The lowest BCUT2D eigenvalue weighted by molar-refractivity contribution is -0.134. The second-order valence-electron chi connectivity index (χ2n) is 8.79. The van der Waals surface area contributed by atoms with Crippen LogP contribution in [0.15, 0.2) is 60.0 Å². The molecule has 10 heteroatoms. The van der Waals surface area contributed by atoms with Crippen LogP contribution in [-0.4, -0.2) is 46.5 Å². The van der Waals surface area contributed by atoms with E-state index in [4.69, 9.17) is 10.5 Å². The first-order valence-electron chi connectivity index (χ1n) is 11.0. The minimum Gasteiger partial charge on any atom is -0.444 e. The Labute approximate surface area is 208 Å². The van der Waals surface area contributed by atoms with Gasteiger partial charge in [-0.05, 0) is 38.5 Å². The molecule has 9 nitrogen and oxygen atoms in total. The Hall–Kier alpha value is -3.92. The van der Waals surface area contributed by atoms with Crippen LogP contribution in [0.2, 0.25) is 0 Å². The predicted octanol–water partition coefficient (Wildman–Crippen LogP) is 3.88. The van der Waals surface area contributed by atoms with E-state index in [2.05, 4.69) is 15.6 Å². The van der Waals surface area contributed by atoms with E-state index in [0.717, 1.165) is 16.8 Å². The van der Waals surface area contributed by atoms with Gasteiger partial charge in [0.1, 0.15) is 18.7 Å². The summed E-state index contributed by atoms with van der Waals surface area (Å²) < 4.78 is 5.18. The third-order valence-electron chi connectivity index (χ3n) is 4.67. The molecule has 0 unspecified atom stereocenters. The van der Waals surface area contributed by atoms with Crippen LogP contribution < -0.4 is 16.4 Å². The minimum atomic E-state index is -0.697. The normalized spacial score (nSPS) is 10.9. The first-order chi connectivity index (χ1) is 16.6. The van der Waals surface area contributed by atoms with Crippen molar-refractivity contribution < 1.29 is 19.1 Å². The molecule has 0 saturated carbocycles. The van der Waals surface area contributed by atoms with Crippen molar-refractivity contribution in [3.63, 3.8) is 0 Å². The molecule has 0 bridgehead atoms. The SMILES string of the molecule is CC(C)(C)OC(=O)NCC(=O)N(CC(=O)Nc1ccc(-c2csc(N)n2)cc1)Cc1ccccc1. The number of nitrogens with two attached hydrogens (primary N) is 1. The Morgan fingerprint density at radius 1 is 1.06 bits per heavy atom. The Morgan fingerprint density at radius 3 is 2.34 bits per heavy atom. The van der Waals surface area contributed by atoms with Crippen LogP contribution in [0.5, 0.6) is 0 Å². The lowest BCUT2D eigenvalue weighted by Crippen LogP contribution is -2.44. The highest BCUT2D eigenvalue weighted by Crippen LogP contribution is 2.24. The second kappa shape index (κ2) is 11.5. The van der Waals surface area contributed by atoms with Gasteiger partial charge in [-0.1, -0.05) is 42.5 Å². The summed E-state index contributed by atoms with van der Waals surface area (Å²) >= 11 is 1.36. The van der Waals surface area contributed by atoms with Crippen LogP contribution >= 0.6 is 11.3 Å². The molecule has 0 spiro atoms. The van der Waals surface area contributed by atoms with Gasteiger partial charge in [-0.2, -0.15) is 0 Å². The number of carbonyl (C=O) groups excluding carboxylic acids is 3. The smallest absolute Gasteiger partial charge is 0.408 e. The molecule has 184 valence electrons. The molecule has 2 aromatic carbocycles. The number of nitrogen functional groups attached to an aromatic ring is 1. The van der Waals surface area contributed by atoms with E-state index in [1.807, 2.05) is 47.8 Å². The van der Waals surface area contributed by atoms with E-state index in [1.54, 1.807) is 32.9 Å². The van der Waals surface area contributed by atoms with Crippen molar-refractivity contribution in [2.75, 3.05) is 24.1 Å². The first-order valence-corrected chi connectivity index (χ1v) is 11.9. The Kier molecular flexibility index (Phi) is 8.43. The summed E-state index contributed by atoms with van der Waals surface area (Å²) in [5.41, 5.74) is 8.10. The molecule has 0 aliphatic rings. The Bertz CT molecular complexity index is 1160. The summed E-state index contributed by atoms with van der Waals surface area (Å²) in [5.74, 6) is -0.775. The van der Waals surface area contributed by atoms with Crippen LogP contribution in [-0.2, 0) is 20.9 Å². The number of anilines is 2. The van der Waals surface area contributed by atoms with Gasteiger partial charge in [-0.15, -0.1) is 11.3 Å². The number of alkyl carbamates (subject to hydrolysis) is 1. The second-order valence-corrected chi connectivity index (χ2v) is 9.68. The summed E-state index contributed by atoms with van der Waals surface area (Å²) in [6.45, 7) is 4.94. The van der Waals surface area contributed by atoms with Crippen molar-refractivity contribution in [1.82, 2.24) is 15.2 Å². The summed E-state index contributed by atoms with van der Waals surface area (Å²) in [4.78, 5) is 43.2. The highest BCUT2D eigenvalue weighted by Gasteiger charge is 2.21. The van der Waals surface area contributed by atoms with Gasteiger partial charge < -0.3 is 26.0 Å². The monoisotopic (exact) mass is 495 g/mol. The maximum Gasteiger partial charge on any atom is 0.408 e. The fraction of sp³-hybridized carbons (Fsp3) is 0.280. The number of nitrogens with one attached hydrogen (secondary N) is 2. The van der Waals surface area contributed by atoms with E-state index in [1.165, 1.54) is 16.2 Å². The van der Waals surface area contributed by atoms with Crippen molar-refractivity contribution >= 4 is 40.1 Å². The number of benzene rings is 2. The van der Waals surface area contributed by atoms with Gasteiger partial charge in [0.2, 0.25) is 11.8 Å². The van der Waals surface area contributed by atoms with Gasteiger partial charge in [-0.25, -0.2) is 9.78 Å². The summed E-state index contributed by atoms with van der Waals surface area (Å²) in [5, 5.41) is 7.61. The zero-order valence-corrected chi connectivity index (χ0v) is 20.7. The molecule has 3 aromatic rings. The van der Waals surface area contributed by atoms with Gasteiger partial charge in [-0.3, -0.25) is 9.59 Å². The first kappa shape index (κ1) is 25.7. The molecular weight excluding hydrogens is 466 g/mol. The molecule has 0 fully saturated rings. The van der Waals surface area contributed by atoms with Crippen LogP contribution in [0.3, 0.4) is 0 Å². The largest absolute Gasteiger partial charge is 0.444 e. The molecule has 0 radical (unpaired) electrons. The van der Waals surface area contributed by atoms with Crippen LogP contribution in [0, 0.1) is 0 Å². The minimum absolute atomic E-state index is 0.186. The maximum atomic E-state index is 12.9. The number of hydrogen-bond acceptors (Lipinski definition) is 7. The number of aromatic nitrogens is 1. The number of carbonyl (C=O) groups is 3. The summed E-state index contributed by atoms with van der Waals surface area (Å²) in [6, 6.07) is 16.5. The predicted molar refractivity (Wildman–Crippen MR) is 137 cm³/mol. The highest BCUT2D eigenvalue weighted by atomic mass is 32.1. The summed E-state index contributed by atoms with van der Waals surface area (Å²) in [7, 11) is 0. The third kappa shape index (κ3) is 8.42. The summed E-state index contributed by atoms with van der Waals surface area (Å²) in [6.07, 6.45) is -0.697. The van der Waals surface area contributed by atoms with Crippen LogP contribution in [0.4, 0.5) is 15.6 Å². The fourth-order valence-electron chi connectivity index (χ4n) is 3.13. The van der Waals surface area contributed by atoms with E-state index >= 15 is 0 Å². The van der Waals surface area contributed by atoms with Crippen molar-refractivity contribution in [2.45, 2.75) is 32.9 Å². The number of amides is 3. The van der Waals surface area contributed by atoms with Crippen LogP contribution in [0.1, 0.15) is 26.3 Å². The third-order valence-corrected chi connectivity index (χ3v) is 5.35. The lowest BCUT2D eigenvalue weighted by Gasteiger charge is -2.24. The zero-order valence-electron chi connectivity index (χ0n) is 19.9. The quantitative estimate of drug-likeness (QED) is 0.435. The molecule has 3 rings (SSSR count). The standard InChI is InChI=1S/C25H29N5O4S/c1-25(2,3)34-24(33)27-13-22(32)30(14-17-7-5-4-6-8-17)15-21(31)28-19-11-9-18(10-12-19)20-16-35-23(26)29-20/h4-12,16H,13-15H2,1-3H3,(H2,26,29)(H,27,33)(H,28,31). The maximum absolute atomic E-state index is 12.9. The van der Waals surface area contributed by atoms with Crippen molar-refractivity contribution in [3.8, 4) is 11.3 Å². The number of nitrogens with zero attached hydrogens (tertiary/aromatic N) is 2. The van der Waals surface area contributed by atoms with Gasteiger partial charge in [0, 0.05) is 23.2 Å². The topological polar surface area (TPSA) is 127 Å². The average Bonchev–Trinajstić information content (AvgIpc) is 3.23. The van der Waals surface area contributed by atoms with E-state index in [9.17, 15) is 14.4 Å². The van der Waals surface area contributed by atoms with Gasteiger partial charge in [0.15, 0.2) is 5.13 Å². The van der Waals surface area contributed by atoms with Gasteiger partial charge >= 0.3 is 6.09 Å². The average molecular weight is 496 g/mol. The molecule has 1 aromatic heterocycles. The molecule has 0 atom stereocenters. The lowest BCUT2D eigenvalue weighted by atomic mass is 10.1. The fourth-order valence-corrected chi connectivity index (χ4v) is 3.70. The van der Waals surface area contributed by atoms with Gasteiger partial charge in [0.25, 0.3) is 0 Å². The number of ether oxygens (including phenoxy) is 1. The molecule has 35 heavy (non-hydrogen) atoms. The van der Waals surface area contributed by atoms with Crippen molar-refractivity contribution in [1.29, 1.82) is 0 Å². The van der Waals surface area contributed by atoms with Crippen molar-refractivity contribution in [3.05, 3.63) is 65.5 Å². The molecule has 3 amide bonds. The number of rotatable bonds is 8. The molecule has 1 heterocycles. The van der Waals surface area contributed by atoms with E-state index in [0.29, 0.717) is 10.8 Å². The van der Waals surface area contributed by atoms with E-state index in [-0.39, 0.29) is 25.5 Å². The van der Waals surface area contributed by atoms with Gasteiger partial charge in [0.05, 0.1) is 5.69 Å². The van der Waals surface area contributed by atoms with E-state index < -0.39 is 17.6 Å². The Morgan fingerprint density at radius 2 is 1.74 bits per heavy atom. The molecule has 0 saturated heterocycles.